The Morgan fingerprint density at radius 1 is 0.311 bits per heavy atom. The normalized spacial score (nSPS) is 11.9. The number of fused-ring (bicyclic) bond motifs is 5. The molecule has 0 bridgehead atoms. The van der Waals surface area contributed by atoms with Gasteiger partial charge in [-0.15, -0.1) is 0 Å². The number of anilines is 6. The highest BCUT2D eigenvalue weighted by Gasteiger charge is 2.28. The van der Waals surface area contributed by atoms with Gasteiger partial charge in [-0.3, -0.25) is 0 Å². The van der Waals surface area contributed by atoms with Gasteiger partial charge in [-0.05, 0) is 118 Å². The van der Waals surface area contributed by atoms with Crippen molar-refractivity contribution < 1.29 is 0 Å². The molecule has 1 aliphatic rings. The Balaban J connectivity index is 1.14. The van der Waals surface area contributed by atoms with Crippen molar-refractivity contribution in [3.8, 4) is 39.1 Å². The van der Waals surface area contributed by atoms with Gasteiger partial charge in [0.1, 0.15) is 0 Å². The number of para-hydroxylation sites is 3. The first-order chi connectivity index (χ1) is 30.3. The molecule has 0 spiro atoms. The summed E-state index contributed by atoms with van der Waals surface area (Å²) in [7, 11) is 0. The quantitative estimate of drug-likeness (QED) is 0.160. The fourth-order valence-corrected chi connectivity index (χ4v) is 9.53. The van der Waals surface area contributed by atoms with Crippen molar-refractivity contribution in [2.24, 2.45) is 0 Å². The van der Waals surface area contributed by atoms with Crippen molar-refractivity contribution in [1.29, 1.82) is 0 Å². The summed E-state index contributed by atoms with van der Waals surface area (Å²) >= 11 is 0. The second kappa shape index (κ2) is 14.3. The lowest BCUT2D eigenvalue weighted by atomic mass is 9.90. The smallest absolute Gasteiger partial charge is 0.0561 e. The van der Waals surface area contributed by atoms with Crippen LogP contribution in [0.3, 0.4) is 0 Å². The lowest BCUT2D eigenvalue weighted by Gasteiger charge is -2.35. The van der Waals surface area contributed by atoms with Crippen LogP contribution in [-0.2, 0) is 0 Å². The molecule has 3 heteroatoms. The minimum atomic E-state index is 1.07. The first kappa shape index (κ1) is 34.9. The zero-order valence-corrected chi connectivity index (χ0v) is 33.4. The van der Waals surface area contributed by atoms with E-state index in [2.05, 4.69) is 251 Å². The molecule has 0 saturated carbocycles. The molecule has 0 atom stereocenters. The molecule has 0 fully saturated rings. The van der Waals surface area contributed by atoms with E-state index in [0.29, 0.717) is 0 Å². The van der Waals surface area contributed by atoms with Gasteiger partial charge in [-0.25, -0.2) is 0 Å². The summed E-state index contributed by atoms with van der Waals surface area (Å²) in [6.07, 6.45) is 0. The predicted octanol–water partition coefficient (Wildman–Crippen LogP) is 16.2. The van der Waals surface area contributed by atoms with E-state index in [1.54, 1.807) is 0 Å². The van der Waals surface area contributed by atoms with Crippen molar-refractivity contribution >= 4 is 66.7 Å². The maximum atomic E-state index is 2.46. The summed E-state index contributed by atoms with van der Waals surface area (Å²) in [5, 5.41) is 4.93. The molecule has 0 saturated heterocycles. The summed E-state index contributed by atoms with van der Waals surface area (Å²) in [4.78, 5) is 4.90. The van der Waals surface area contributed by atoms with Crippen LogP contribution in [0.4, 0.5) is 34.1 Å². The molecule has 2 heterocycles. The largest absolute Gasteiger partial charge is 0.310 e. The molecule has 11 aromatic rings. The lowest BCUT2D eigenvalue weighted by Crippen LogP contribution is -2.17. The third-order valence-electron chi connectivity index (χ3n) is 12.2. The maximum Gasteiger partial charge on any atom is 0.0561 e. The molecule has 1 aromatic heterocycles. The molecule has 0 unspecified atom stereocenters. The Morgan fingerprint density at radius 3 is 1.59 bits per heavy atom. The summed E-state index contributed by atoms with van der Waals surface area (Å²) in [5.41, 5.74) is 17.3. The van der Waals surface area contributed by atoms with Gasteiger partial charge in [0, 0.05) is 50.2 Å². The SMILES string of the molecule is c1ccc(-c2cc(-c3ccccc3)cc(N(c3ccc4c(c3)N(c3ccccc3)c3cccc5cccc-4c35)c3ccc4c(c3)c3ccccc3n4-c3ccccc3)c2)cc1. The minimum Gasteiger partial charge on any atom is -0.310 e. The van der Waals surface area contributed by atoms with Crippen LogP contribution >= 0.6 is 0 Å². The van der Waals surface area contributed by atoms with Crippen LogP contribution in [0, 0.1) is 0 Å². The number of benzene rings is 10. The first-order valence-corrected chi connectivity index (χ1v) is 20.9. The maximum absolute atomic E-state index is 2.46. The summed E-state index contributed by atoms with van der Waals surface area (Å²) < 4.78 is 2.39. The van der Waals surface area contributed by atoms with Gasteiger partial charge in [0.2, 0.25) is 0 Å². The van der Waals surface area contributed by atoms with Gasteiger partial charge in [-0.2, -0.15) is 0 Å². The van der Waals surface area contributed by atoms with Crippen molar-refractivity contribution in [3.05, 3.63) is 237 Å². The molecular formula is C58H39N3. The monoisotopic (exact) mass is 777 g/mol. The van der Waals surface area contributed by atoms with E-state index in [0.717, 1.165) is 45.3 Å². The highest BCUT2D eigenvalue weighted by atomic mass is 15.2. The molecule has 0 N–H and O–H groups in total. The van der Waals surface area contributed by atoms with Crippen molar-refractivity contribution in [1.82, 2.24) is 4.57 Å². The van der Waals surface area contributed by atoms with Crippen molar-refractivity contribution in [3.63, 3.8) is 0 Å². The zero-order valence-electron chi connectivity index (χ0n) is 33.4. The molecule has 286 valence electrons. The molecule has 0 aliphatic carbocycles. The van der Waals surface area contributed by atoms with E-state index in [1.165, 1.54) is 60.5 Å². The highest BCUT2D eigenvalue weighted by molar-refractivity contribution is 6.15. The Labute approximate surface area is 355 Å². The highest BCUT2D eigenvalue weighted by Crippen LogP contribution is 2.53. The lowest BCUT2D eigenvalue weighted by molar-refractivity contribution is 1.18. The third-order valence-corrected chi connectivity index (χ3v) is 12.2. The van der Waals surface area contributed by atoms with Crippen LogP contribution < -0.4 is 9.80 Å². The Bertz CT molecular complexity index is 3350. The number of rotatable bonds is 7. The molecule has 0 amide bonds. The van der Waals surface area contributed by atoms with E-state index >= 15 is 0 Å². The van der Waals surface area contributed by atoms with E-state index in [9.17, 15) is 0 Å². The number of aromatic nitrogens is 1. The van der Waals surface area contributed by atoms with Gasteiger partial charge in [0.25, 0.3) is 0 Å². The number of hydrogen-bond donors (Lipinski definition) is 0. The second-order valence-electron chi connectivity index (χ2n) is 15.8. The van der Waals surface area contributed by atoms with E-state index in [4.69, 9.17) is 0 Å². The van der Waals surface area contributed by atoms with E-state index in [1.807, 2.05) is 0 Å². The summed E-state index contributed by atoms with van der Waals surface area (Å²) in [5.74, 6) is 0. The van der Waals surface area contributed by atoms with Gasteiger partial charge in [0.05, 0.1) is 22.4 Å². The third kappa shape index (κ3) is 5.82. The van der Waals surface area contributed by atoms with Crippen LogP contribution in [0.15, 0.2) is 237 Å². The van der Waals surface area contributed by atoms with Gasteiger partial charge >= 0.3 is 0 Å². The van der Waals surface area contributed by atoms with Crippen LogP contribution in [0.1, 0.15) is 0 Å². The minimum absolute atomic E-state index is 1.07. The molecule has 0 radical (unpaired) electrons. The molecule has 10 aromatic carbocycles. The van der Waals surface area contributed by atoms with Crippen LogP contribution in [0.2, 0.25) is 0 Å². The van der Waals surface area contributed by atoms with E-state index < -0.39 is 0 Å². The number of nitrogens with zero attached hydrogens (tertiary/aromatic N) is 3. The van der Waals surface area contributed by atoms with Crippen LogP contribution in [-0.4, -0.2) is 4.57 Å². The molecule has 1 aliphatic heterocycles. The van der Waals surface area contributed by atoms with Crippen molar-refractivity contribution in [2.75, 3.05) is 9.80 Å². The zero-order chi connectivity index (χ0) is 40.3. The topological polar surface area (TPSA) is 11.4 Å². The Morgan fingerprint density at radius 2 is 0.885 bits per heavy atom. The van der Waals surface area contributed by atoms with E-state index in [-0.39, 0.29) is 0 Å². The Hall–Kier alpha value is -8.14. The van der Waals surface area contributed by atoms with Crippen LogP contribution in [0.25, 0.3) is 71.6 Å². The van der Waals surface area contributed by atoms with Gasteiger partial charge in [-0.1, -0.05) is 152 Å². The molecule has 61 heavy (non-hydrogen) atoms. The average molecular weight is 778 g/mol. The summed E-state index contributed by atoms with van der Waals surface area (Å²) in [6.45, 7) is 0. The average Bonchev–Trinajstić information content (AvgIpc) is 3.66. The fraction of sp³-hybridized carbons (Fsp3) is 0. The fourth-order valence-electron chi connectivity index (χ4n) is 9.53. The standard InChI is InChI=1S/C58H39N3/c1-5-17-40(18-6-1)43-35-44(41-19-7-2-8-20-41)37-49(36-43)59(47-32-34-55-53(38-47)50-27-13-14-29-54(50)60(55)45-23-9-3-10-24-45)48-31-33-51-52-28-15-21-42-22-16-30-56(58(42)52)61(57(51)39-48)46-25-11-4-12-26-46/h1-39H. The van der Waals surface area contributed by atoms with Crippen molar-refractivity contribution in [2.45, 2.75) is 0 Å². The molecule has 3 nitrogen and oxygen atoms in total. The number of hydrogen-bond acceptors (Lipinski definition) is 2. The second-order valence-corrected chi connectivity index (χ2v) is 15.8. The Kier molecular flexibility index (Phi) is 8.17. The molecular weight excluding hydrogens is 739 g/mol. The van der Waals surface area contributed by atoms with Gasteiger partial charge in [0.15, 0.2) is 0 Å². The molecule has 12 rings (SSSR count). The predicted molar refractivity (Wildman–Crippen MR) is 258 cm³/mol. The summed E-state index contributed by atoms with van der Waals surface area (Å²) in [6, 6.07) is 86.1. The first-order valence-electron chi connectivity index (χ1n) is 20.9. The van der Waals surface area contributed by atoms with Crippen LogP contribution in [0.5, 0.6) is 0 Å². The van der Waals surface area contributed by atoms with Gasteiger partial charge < -0.3 is 14.4 Å².